The van der Waals surface area contributed by atoms with E-state index in [1.165, 1.54) is 0 Å². The Kier molecular flexibility index (Phi) is 5.07. The normalized spacial score (nSPS) is 17.8. The summed E-state index contributed by atoms with van der Waals surface area (Å²) in [4.78, 5) is 26.2. The summed E-state index contributed by atoms with van der Waals surface area (Å²) < 4.78 is 5.54. The predicted molar refractivity (Wildman–Crippen MR) is 95.3 cm³/mol. The van der Waals surface area contributed by atoms with Crippen molar-refractivity contribution in [2.24, 2.45) is 5.73 Å². The molecule has 2 heterocycles. The molecule has 3 N–H and O–H groups in total. The number of benzene rings is 1. The van der Waals surface area contributed by atoms with Crippen molar-refractivity contribution in [3.63, 3.8) is 0 Å². The number of primary amides is 1. The number of amides is 3. The number of nitrogens with zero attached hydrogens (tertiary/aromatic N) is 1. The summed E-state index contributed by atoms with van der Waals surface area (Å²) in [6.07, 6.45) is 5.63. The number of carbonyl (C=O) groups is 2. The fourth-order valence-corrected chi connectivity index (χ4v) is 3.29. The van der Waals surface area contributed by atoms with E-state index < -0.39 is 5.91 Å². The monoisotopic (exact) mass is 341 g/mol. The zero-order valence-electron chi connectivity index (χ0n) is 14.3. The van der Waals surface area contributed by atoms with Crippen LogP contribution in [0.15, 0.2) is 41.0 Å². The molecule has 3 rings (SSSR count). The van der Waals surface area contributed by atoms with E-state index in [0.717, 1.165) is 37.0 Å². The van der Waals surface area contributed by atoms with Crippen LogP contribution in [-0.4, -0.2) is 23.4 Å². The number of hydrogen-bond acceptors (Lipinski definition) is 3. The van der Waals surface area contributed by atoms with Crippen molar-refractivity contribution in [2.45, 2.75) is 38.6 Å². The van der Waals surface area contributed by atoms with Gasteiger partial charge in [-0.05, 0) is 49.6 Å². The first-order valence-corrected chi connectivity index (χ1v) is 8.58. The van der Waals surface area contributed by atoms with E-state index in [2.05, 4.69) is 5.32 Å². The number of anilines is 1. The van der Waals surface area contributed by atoms with Crippen LogP contribution in [0.4, 0.5) is 10.5 Å². The number of carbonyl (C=O) groups excluding carboxylic acids is 2. The van der Waals surface area contributed by atoms with Crippen molar-refractivity contribution in [2.75, 3.05) is 11.9 Å². The van der Waals surface area contributed by atoms with Crippen LogP contribution in [0.25, 0.3) is 0 Å². The van der Waals surface area contributed by atoms with Crippen LogP contribution in [0.5, 0.6) is 0 Å². The van der Waals surface area contributed by atoms with Gasteiger partial charge in [-0.25, -0.2) is 4.79 Å². The molecule has 25 heavy (non-hydrogen) atoms. The molecule has 1 aliphatic heterocycles. The Morgan fingerprint density at radius 1 is 1.24 bits per heavy atom. The highest BCUT2D eigenvalue weighted by Gasteiger charge is 2.28. The molecule has 6 nitrogen and oxygen atoms in total. The van der Waals surface area contributed by atoms with Crippen LogP contribution >= 0.6 is 0 Å². The van der Waals surface area contributed by atoms with E-state index in [-0.39, 0.29) is 12.1 Å². The highest BCUT2D eigenvalue weighted by molar-refractivity contribution is 5.97. The molecule has 0 bridgehead atoms. The van der Waals surface area contributed by atoms with Crippen LogP contribution < -0.4 is 11.1 Å². The molecule has 6 heteroatoms. The topological polar surface area (TPSA) is 88.6 Å². The molecule has 0 saturated carbocycles. The van der Waals surface area contributed by atoms with Crippen LogP contribution in [-0.2, 0) is 0 Å². The highest BCUT2D eigenvalue weighted by atomic mass is 16.3. The Bertz CT molecular complexity index is 755. The third-order valence-corrected chi connectivity index (χ3v) is 4.64. The van der Waals surface area contributed by atoms with Crippen LogP contribution in [0.3, 0.4) is 0 Å². The van der Waals surface area contributed by atoms with Gasteiger partial charge in [-0.3, -0.25) is 4.79 Å². The largest absolute Gasteiger partial charge is 0.467 e. The lowest BCUT2D eigenvalue weighted by Crippen LogP contribution is -2.38. The third kappa shape index (κ3) is 3.84. The lowest BCUT2D eigenvalue weighted by molar-refractivity contribution is 0.0999. The summed E-state index contributed by atoms with van der Waals surface area (Å²) >= 11 is 0. The number of nitrogens with two attached hydrogens (primary N) is 1. The molecule has 0 radical (unpaired) electrons. The standard InChI is InChI=1S/C19H23N3O3/c1-13-8-9-14(12-15(13)18(20)23)21-19(24)22-10-4-2-3-6-16(22)17-7-5-11-25-17/h5,7-9,11-12,16H,2-4,6,10H2,1H3,(H2,20,23)(H,21,24). The van der Waals surface area contributed by atoms with Crippen molar-refractivity contribution >= 4 is 17.6 Å². The summed E-state index contributed by atoms with van der Waals surface area (Å²) in [5.41, 5.74) is 7.15. The Hall–Kier alpha value is -2.76. The van der Waals surface area contributed by atoms with Gasteiger partial charge in [-0.1, -0.05) is 18.9 Å². The Morgan fingerprint density at radius 3 is 2.80 bits per heavy atom. The second-order valence-corrected chi connectivity index (χ2v) is 6.40. The molecular weight excluding hydrogens is 318 g/mol. The van der Waals surface area contributed by atoms with Gasteiger partial charge in [0.1, 0.15) is 5.76 Å². The van der Waals surface area contributed by atoms with Gasteiger partial charge < -0.3 is 20.4 Å². The van der Waals surface area contributed by atoms with Crippen molar-refractivity contribution < 1.29 is 14.0 Å². The number of aryl methyl sites for hydroxylation is 1. The maximum atomic E-state index is 12.8. The molecule has 1 fully saturated rings. The van der Waals surface area contributed by atoms with E-state index in [1.54, 1.807) is 24.5 Å². The molecule has 1 saturated heterocycles. The molecule has 1 unspecified atom stereocenters. The van der Waals surface area contributed by atoms with Gasteiger partial charge in [0.25, 0.3) is 0 Å². The second-order valence-electron chi connectivity index (χ2n) is 6.40. The zero-order valence-corrected chi connectivity index (χ0v) is 14.3. The van der Waals surface area contributed by atoms with E-state index >= 15 is 0 Å². The number of hydrogen-bond donors (Lipinski definition) is 2. The van der Waals surface area contributed by atoms with Crippen molar-refractivity contribution in [1.29, 1.82) is 0 Å². The van der Waals surface area contributed by atoms with Gasteiger partial charge in [0.05, 0.1) is 12.3 Å². The quantitative estimate of drug-likeness (QED) is 0.889. The molecule has 1 aliphatic rings. The summed E-state index contributed by atoms with van der Waals surface area (Å²) in [6, 6.07) is 8.67. The van der Waals surface area contributed by atoms with Gasteiger partial charge in [0.2, 0.25) is 5.91 Å². The molecule has 0 spiro atoms. The molecule has 2 aromatic rings. The summed E-state index contributed by atoms with van der Waals surface area (Å²) in [7, 11) is 0. The van der Waals surface area contributed by atoms with Gasteiger partial charge in [0.15, 0.2) is 0 Å². The van der Waals surface area contributed by atoms with Crippen LogP contribution in [0, 0.1) is 6.92 Å². The molecule has 3 amide bonds. The number of rotatable bonds is 3. The van der Waals surface area contributed by atoms with Crippen LogP contribution in [0.2, 0.25) is 0 Å². The number of likely N-dealkylation sites (tertiary alicyclic amines) is 1. The first-order chi connectivity index (χ1) is 12.1. The second kappa shape index (κ2) is 7.42. The van der Waals surface area contributed by atoms with Crippen molar-refractivity contribution in [1.82, 2.24) is 4.90 Å². The van der Waals surface area contributed by atoms with Crippen molar-refractivity contribution in [3.8, 4) is 0 Å². The lowest BCUT2D eigenvalue weighted by atomic mass is 10.1. The van der Waals surface area contributed by atoms with Gasteiger partial charge in [0, 0.05) is 17.8 Å². The molecule has 0 aliphatic carbocycles. The SMILES string of the molecule is Cc1ccc(NC(=O)N2CCCCCC2c2ccco2)cc1C(N)=O. The number of furan rings is 1. The highest BCUT2D eigenvalue weighted by Crippen LogP contribution is 2.31. The fourth-order valence-electron chi connectivity index (χ4n) is 3.29. The average molecular weight is 341 g/mol. The summed E-state index contributed by atoms with van der Waals surface area (Å²) in [5, 5.41) is 2.89. The van der Waals surface area contributed by atoms with E-state index in [4.69, 9.17) is 10.2 Å². The number of nitrogens with one attached hydrogen (secondary N) is 1. The van der Waals surface area contributed by atoms with Gasteiger partial charge in [-0.15, -0.1) is 0 Å². The van der Waals surface area contributed by atoms with E-state index in [0.29, 0.717) is 17.8 Å². The maximum absolute atomic E-state index is 12.8. The Morgan fingerprint density at radius 2 is 2.08 bits per heavy atom. The fraction of sp³-hybridized carbons (Fsp3) is 0.368. The van der Waals surface area contributed by atoms with Crippen molar-refractivity contribution in [3.05, 3.63) is 53.5 Å². The molecule has 1 aromatic heterocycles. The van der Waals surface area contributed by atoms with E-state index in [1.807, 2.05) is 24.0 Å². The predicted octanol–water partition coefficient (Wildman–Crippen LogP) is 3.84. The Labute approximate surface area is 147 Å². The first kappa shape index (κ1) is 17.1. The summed E-state index contributed by atoms with van der Waals surface area (Å²) in [6.45, 7) is 2.49. The van der Waals surface area contributed by atoms with Crippen LogP contribution in [0.1, 0.15) is 53.4 Å². The maximum Gasteiger partial charge on any atom is 0.322 e. The minimum Gasteiger partial charge on any atom is -0.467 e. The molecule has 132 valence electrons. The smallest absolute Gasteiger partial charge is 0.322 e. The number of urea groups is 1. The third-order valence-electron chi connectivity index (χ3n) is 4.64. The average Bonchev–Trinajstić information content (AvgIpc) is 3.00. The molecule has 1 atom stereocenters. The minimum absolute atomic E-state index is 0.0708. The minimum atomic E-state index is -0.503. The first-order valence-electron chi connectivity index (χ1n) is 8.58. The van der Waals surface area contributed by atoms with Gasteiger partial charge in [-0.2, -0.15) is 0 Å². The Balaban J connectivity index is 1.81. The molecule has 1 aromatic carbocycles. The molecular formula is C19H23N3O3. The lowest BCUT2D eigenvalue weighted by Gasteiger charge is -2.28. The zero-order chi connectivity index (χ0) is 17.8. The summed E-state index contributed by atoms with van der Waals surface area (Å²) in [5.74, 6) is 0.301. The van der Waals surface area contributed by atoms with E-state index in [9.17, 15) is 9.59 Å². The van der Waals surface area contributed by atoms with Gasteiger partial charge >= 0.3 is 6.03 Å².